The number of fused-ring (bicyclic) bond motifs is 2. The van der Waals surface area contributed by atoms with Gasteiger partial charge in [0.25, 0.3) is 0 Å². The lowest BCUT2D eigenvalue weighted by molar-refractivity contribution is 0.392. The molecule has 0 unspecified atom stereocenters. The number of furan rings is 1. The maximum Gasteiger partial charge on any atom is 0.200 e. The highest BCUT2D eigenvalue weighted by atomic mass is 35.5. The van der Waals surface area contributed by atoms with Crippen LogP contribution in [0.1, 0.15) is 5.69 Å². The van der Waals surface area contributed by atoms with Crippen LogP contribution in [0.3, 0.4) is 0 Å². The second-order valence-corrected chi connectivity index (χ2v) is 5.91. The Bertz CT molecular complexity index is 1050. The van der Waals surface area contributed by atoms with Crippen molar-refractivity contribution < 1.29 is 9.15 Å². The van der Waals surface area contributed by atoms with Gasteiger partial charge in [-0.3, -0.25) is 4.40 Å². The Kier molecular flexibility index (Phi) is 3.25. The predicted octanol–water partition coefficient (Wildman–Crippen LogP) is 5.37. The number of para-hydroxylation sites is 1. The molecule has 4 nitrogen and oxygen atoms in total. The van der Waals surface area contributed by atoms with E-state index in [9.17, 15) is 0 Å². The van der Waals surface area contributed by atoms with E-state index in [1.54, 1.807) is 11.5 Å². The Balaban J connectivity index is 2.09. The molecule has 0 aliphatic rings. The Hall–Kier alpha value is -2.17. The lowest BCUT2D eigenvalue weighted by atomic mass is 10.2. The average molecular weight is 347 g/mol. The van der Waals surface area contributed by atoms with Crippen molar-refractivity contribution in [3.05, 3.63) is 52.3 Å². The summed E-state index contributed by atoms with van der Waals surface area (Å²) < 4.78 is 13.1. The number of hydrogen-bond acceptors (Lipinski definition) is 3. The second kappa shape index (κ2) is 5.18. The minimum Gasteiger partial charge on any atom is -0.482 e. The molecule has 0 amide bonds. The van der Waals surface area contributed by atoms with Crippen LogP contribution in [0.5, 0.6) is 5.88 Å². The summed E-state index contributed by atoms with van der Waals surface area (Å²) in [7, 11) is 1.59. The molecule has 0 aliphatic carbocycles. The van der Waals surface area contributed by atoms with E-state index in [4.69, 9.17) is 32.4 Å². The second-order valence-electron chi connectivity index (χ2n) is 5.18. The van der Waals surface area contributed by atoms with Gasteiger partial charge in [-0.15, -0.1) is 0 Å². The molecular formula is C17H12Cl2N2O2. The fourth-order valence-electron chi connectivity index (χ4n) is 2.72. The summed E-state index contributed by atoms with van der Waals surface area (Å²) in [6.07, 6.45) is 0. The third-order valence-electron chi connectivity index (χ3n) is 3.82. The molecule has 0 radical (unpaired) electrons. The van der Waals surface area contributed by atoms with E-state index in [0.29, 0.717) is 33.2 Å². The van der Waals surface area contributed by atoms with Crippen molar-refractivity contribution in [3.63, 3.8) is 0 Å². The minimum absolute atomic E-state index is 0.505. The predicted molar refractivity (Wildman–Crippen MR) is 91.7 cm³/mol. The molecule has 0 atom stereocenters. The summed E-state index contributed by atoms with van der Waals surface area (Å²) in [5.41, 5.74) is 2.86. The first-order valence-corrected chi connectivity index (χ1v) is 7.76. The van der Waals surface area contributed by atoms with Crippen LogP contribution in [-0.4, -0.2) is 16.5 Å². The number of imidazole rings is 1. The molecule has 0 saturated heterocycles. The van der Waals surface area contributed by atoms with Gasteiger partial charge in [0.05, 0.1) is 23.4 Å². The number of ether oxygens (including phenoxy) is 1. The highest BCUT2D eigenvalue weighted by molar-refractivity contribution is 6.38. The summed E-state index contributed by atoms with van der Waals surface area (Å²) in [5.74, 6) is 1.17. The Morgan fingerprint density at radius 2 is 1.91 bits per heavy atom. The van der Waals surface area contributed by atoms with Gasteiger partial charge in [-0.1, -0.05) is 35.3 Å². The highest BCUT2D eigenvalue weighted by Crippen LogP contribution is 2.40. The van der Waals surface area contributed by atoms with Gasteiger partial charge >= 0.3 is 0 Å². The van der Waals surface area contributed by atoms with Crippen molar-refractivity contribution >= 4 is 39.8 Å². The van der Waals surface area contributed by atoms with E-state index < -0.39 is 0 Å². The summed E-state index contributed by atoms with van der Waals surface area (Å²) >= 11 is 12.9. The first kappa shape index (κ1) is 14.4. The summed E-state index contributed by atoms with van der Waals surface area (Å²) in [6, 6.07) is 11.3. The molecule has 116 valence electrons. The van der Waals surface area contributed by atoms with Crippen LogP contribution in [0.4, 0.5) is 0 Å². The Labute approximate surface area is 142 Å². The summed E-state index contributed by atoms with van der Waals surface area (Å²) in [5, 5.41) is 1.93. The topological polar surface area (TPSA) is 39.7 Å². The number of aryl methyl sites for hydroxylation is 1. The number of aromatic nitrogens is 2. The first-order valence-electron chi connectivity index (χ1n) is 7.00. The van der Waals surface area contributed by atoms with E-state index in [1.807, 2.05) is 43.3 Å². The SMILES string of the molecule is COc1ccc(-c2oc3ccccc3c2Cl)c2nc(C)c(Cl)n12. The Morgan fingerprint density at radius 1 is 1.13 bits per heavy atom. The third kappa shape index (κ3) is 2.02. The van der Waals surface area contributed by atoms with Crippen LogP contribution in [0.2, 0.25) is 10.2 Å². The number of nitrogens with zero attached hydrogens (tertiary/aromatic N) is 2. The van der Waals surface area contributed by atoms with Crippen molar-refractivity contribution in [2.24, 2.45) is 0 Å². The van der Waals surface area contributed by atoms with Gasteiger partial charge < -0.3 is 9.15 Å². The van der Waals surface area contributed by atoms with Crippen LogP contribution in [0.15, 0.2) is 40.8 Å². The quantitative estimate of drug-likeness (QED) is 0.489. The van der Waals surface area contributed by atoms with Crippen LogP contribution in [-0.2, 0) is 0 Å². The van der Waals surface area contributed by atoms with Gasteiger partial charge in [0.2, 0.25) is 0 Å². The molecule has 0 spiro atoms. The number of benzene rings is 1. The molecule has 3 aromatic heterocycles. The van der Waals surface area contributed by atoms with Crippen molar-refractivity contribution in [1.29, 1.82) is 0 Å². The third-order valence-corrected chi connectivity index (χ3v) is 4.64. The van der Waals surface area contributed by atoms with Crippen LogP contribution in [0.25, 0.3) is 27.9 Å². The zero-order valence-electron chi connectivity index (χ0n) is 12.4. The number of methoxy groups -OCH3 is 1. The minimum atomic E-state index is 0.505. The molecule has 0 fully saturated rings. The molecule has 6 heteroatoms. The zero-order chi connectivity index (χ0) is 16.1. The van der Waals surface area contributed by atoms with E-state index in [2.05, 4.69) is 4.98 Å². The van der Waals surface area contributed by atoms with Crippen molar-refractivity contribution in [2.45, 2.75) is 6.92 Å². The maximum absolute atomic E-state index is 6.52. The lowest BCUT2D eigenvalue weighted by Gasteiger charge is -2.07. The maximum atomic E-state index is 6.52. The van der Waals surface area contributed by atoms with Crippen LogP contribution >= 0.6 is 23.2 Å². The highest BCUT2D eigenvalue weighted by Gasteiger charge is 2.21. The van der Waals surface area contributed by atoms with Gasteiger partial charge in [0.1, 0.15) is 10.7 Å². The fraction of sp³-hybridized carbons (Fsp3) is 0.118. The van der Waals surface area contributed by atoms with E-state index in [1.165, 1.54) is 0 Å². The number of hydrogen-bond donors (Lipinski definition) is 0. The lowest BCUT2D eigenvalue weighted by Crippen LogP contribution is -1.95. The van der Waals surface area contributed by atoms with Gasteiger partial charge in [0, 0.05) is 5.39 Å². The van der Waals surface area contributed by atoms with Gasteiger partial charge in [-0.2, -0.15) is 0 Å². The van der Waals surface area contributed by atoms with Gasteiger partial charge in [-0.05, 0) is 31.2 Å². The number of rotatable bonds is 2. The molecular weight excluding hydrogens is 335 g/mol. The molecule has 3 heterocycles. The standard InChI is InChI=1S/C17H12Cl2N2O2/c1-9-16(19)21-13(22-2)8-7-11(17(21)20-9)15-14(18)10-5-3-4-6-12(10)23-15/h3-8H,1-2H3. The molecule has 4 rings (SSSR count). The van der Waals surface area contributed by atoms with Crippen molar-refractivity contribution in [2.75, 3.05) is 7.11 Å². The monoisotopic (exact) mass is 346 g/mol. The van der Waals surface area contributed by atoms with Crippen molar-refractivity contribution in [3.8, 4) is 17.2 Å². The van der Waals surface area contributed by atoms with Crippen molar-refractivity contribution in [1.82, 2.24) is 9.38 Å². The first-order chi connectivity index (χ1) is 11.1. The Morgan fingerprint density at radius 3 is 2.65 bits per heavy atom. The van der Waals surface area contributed by atoms with Gasteiger partial charge in [0.15, 0.2) is 17.3 Å². The average Bonchev–Trinajstić information content (AvgIpc) is 3.05. The van der Waals surface area contributed by atoms with E-state index in [-0.39, 0.29) is 0 Å². The number of pyridine rings is 1. The van der Waals surface area contributed by atoms with E-state index >= 15 is 0 Å². The smallest absolute Gasteiger partial charge is 0.200 e. The zero-order valence-corrected chi connectivity index (χ0v) is 13.9. The molecule has 0 N–H and O–H groups in total. The number of halogens is 2. The molecule has 0 saturated carbocycles. The normalized spacial score (nSPS) is 11.5. The fourth-order valence-corrected chi connectivity index (χ4v) is 3.22. The molecule has 0 bridgehead atoms. The summed E-state index contributed by atoms with van der Waals surface area (Å²) in [6.45, 7) is 1.85. The largest absolute Gasteiger partial charge is 0.482 e. The summed E-state index contributed by atoms with van der Waals surface area (Å²) in [4.78, 5) is 4.54. The van der Waals surface area contributed by atoms with Crippen LogP contribution in [0, 0.1) is 6.92 Å². The van der Waals surface area contributed by atoms with Crippen LogP contribution < -0.4 is 4.74 Å². The van der Waals surface area contributed by atoms with Gasteiger partial charge in [-0.25, -0.2) is 4.98 Å². The van der Waals surface area contributed by atoms with E-state index in [0.717, 1.165) is 16.5 Å². The molecule has 23 heavy (non-hydrogen) atoms. The molecule has 1 aromatic carbocycles. The molecule has 4 aromatic rings. The molecule has 0 aliphatic heterocycles.